The first kappa shape index (κ1) is 20.4. The van der Waals surface area contributed by atoms with Crippen LogP contribution in [0.5, 0.6) is 0 Å². The molecule has 1 aromatic rings. The van der Waals surface area contributed by atoms with E-state index in [1.807, 2.05) is 0 Å². The molecule has 0 spiro atoms. The number of sulfonamides is 1. The number of benzene rings is 1. The van der Waals surface area contributed by atoms with Crippen molar-refractivity contribution in [2.24, 2.45) is 5.92 Å². The van der Waals surface area contributed by atoms with E-state index in [2.05, 4.69) is 5.32 Å². The van der Waals surface area contributed by atoms with Gasteiger partial charge < -0.3 is 10.4 Å². The molecule has 0 aromatic heterocycles. The van der Waals surface area contributed by atoms with E-state index < -0.39 is 16.0 Å². The van der Waals surface area contributed by atoms with E-state index in [1.165, 1.54) is 16.4 Å². The van der Waals surface area contributed by atoms with Crippen LogP contribution in [0.15, 0.2) is 29.2 Å². The highest BCUT2D eigenvalue weighted by atomic mass is 32.2. The van der Waals surface area contributed by atoms with Crippen molar-refractivity contribution in [3.8, 4) is 0 Å². The number of hydrogen-bond acceptors (Lipinski definition) is 4. The van der Waals surface area contributed by atoms with Crippen LogP contribution in [0, 0.1) is 5.92 Å². The predicted octanol–water partition coefficient (Wildman–Crippen LogP) is 2.09. The Morgan fingerprint density at radius 1 is 1.15 bits per heavy atom. The standard InChI is InChI=1S/C18H26N2O5S/c1-3-20(4-2)26(24,25)16-7-5-6-14(12-16)17(21)19-15-10-8-13(9-11-15)18(22)23/h5-7,12-13,15H,3-4,8-11H2,1-2H3,(H,19,21)(H,22,23). The molecule has 0 saturated heterocycles. The molecule has 1 saturated carbocycles. The van der Waals surface area contributed by atoms with E-state index in [4.69, 9.17) is 5.11 Å². The monoisotopic (exact) mass is 382 g/mol. The van der Waals surface area contributed by atoms with E-state index >= 15 is 0 Å². The highest BCUT2D eigenvalue weighted by molar-refractivity contribution is 7.89. The fourth-order valence-corrected chi connectivity index (χ4v) is 4.77. The van der Waals surface area contributed by atoms with Crippen molar-refractivity contribution in [1.82, 2.24) is 9.62 Å². The van der Waals surface area contributed by atoms with Gasteiger partial charge in [0.05, 0.1) is 10.8 Å². The average molecular weight is 382 g/mol. The minimum absolute atomic E-state index is 0.0823. The number of nitrogens with zero attached hydrogens (tertiary/aromatic N) is 1. The van der Waals surface area contributed by atoms with Crippen LogP contribution < -0.4 is 5.32 Å². The molecule has 2 rings (SSSR count). The molecular weight excluding hydrogens is 356 g/mol. The third kappa shape index (κ3) is 4.62. The first-order chi connectivity index (χ1) is 12.3. The third-order valence-electron chi connectivity index (χ3n) is 4.85. The van der Waals surface area contributed by atoms with Gasteiger partial charge in [0, 0.05) is 24.7 Å². The largest absolute Gasteiger partial charge is 0.481 e. The van der Waals surface area contributed by atoms with Gasteiger partial charge in [0.1, 0.15) is 0 Å². The lowest BCUT2D eigenvalue weighted by atomic mass is 9.86. The number of carbonyl (C=O) groups is 2. The molecule has 0 radical (unpaired) electrons. The summed E-state index contributed by atoms with van der Waals surface area (Å²) < 4.78 is 26.5. The number of carbonyl (C=O) groups excluding carboxylic acids is 1. The summed E-state index contributed by atoms with van der Waals surface area (Å²) in [6.45, 7) is 4.26. The van der Waals surface area contributed by atoms with Crippen LogP contribution in [0.4, 0.5) is 0 Å². The number of rotatable bonds is 7. The summed E-state index contributed by atoms with van der Waals surface area (Å²) in [7, 11) is -3.62. The molecule has 1 aromatic carbocycles. The van der Waals surface area contributed by atoms with Crippen LogP contribution in [0.2, 0.25) is 0 Å². The molecule has 1 fully saturated rings. The maximum absolute atomic E-state index is 12.6. The number of carboxylic acids is 1. The Labute approximate surface area is 154 Å². The van der Waals surface area contributed by atoms with Gasteiger partial charge in [-0.1, -0.05) is 19.9 Å². The van der Waals surface area contributed by atoms with Crippen molar-refractivity contribution in [2.45, 2.75) is 50.5 Å². The van der Waals surface area contributed by atoms with Crippen LogP contribution >= 0.6 is 0 Å². The zero-order valence-electron chi connectivity index (χ0n) is 15.1. The topological polar surface area (TPSA) is 104 Å². The minimum Gasteiger partial charge on any atom is -0.481 e. The van der Waals surface area contributed by atoms with Gasteiger partial charge in [-0.15, -0.1) is 0 Å². The smallest absolute Gasteiger partial charge is 0.306 e. The molecule has 1 amide bonds. The fourth-order valence-electron chi connectivity index (χ4n) is 3.26. The maximum atomic E-state index is 12.6. The summed E-state index contributed by atoms with van der Waals surface area (Å²) in [4.78, 5) is 23.6. The average Bonchev–Trinajstić information content (AvgIpc) is 2.63. The van der Waals surface area contributed by atoms with Gasteiger partial charge >= 0.3 is 5.97 Å². The first-order valence-electron chi connectivity index (χ1n) is 8.93. The Balaban J connectivity index is 2.08. The summed E-state index contributed by atoms with van der Waals surface area (Å²) in [6.07, 6.45) is 2.30. The first-order valence-corrected chi connectivity index (χ1v) is 10.4. The lowest BCUT2D eigenvalue weighted by Gasteiger charge is -2.27. The van der Waals surface area contributed by atoms with Crippen LogP contribution in [-0.2, 0) is 14.8 Å². The molecule has 2 N–H and O–H groups in total. The van der Waals surface area contributed by atoms with Gasteiger partial charge in [0.2, 0.25) is 10.0 Å². The highest BCUT2D eigenvalue weighted by Crippen LogP contribution is 2.25. The molecule has 8 heteroatoms. The molecule has 26 heavy (non-hydrogen) atoms. The van der Waals surface area contributed by atoms with E-state index in [0.29, 0.717) is 44.3 Å². The van der Waals surface area contributed by atoms with Crippen molar-refractivity contribution in [3.05, 3.63) is 29.8 Å². The van der Waals surface area contributed by atoms with Gasteiger partial charge in [0.25, 0.3) is 5.91 Å². The van der Waals surface area contributed by atoms with Crippen LogP contribution in [0.3, 0.4) is 0 Å². The summed E-state index contributed by atoms with van der Waals surface area (Å²) in [5.74, 6) is -1.46. The maximum Gasteiger partial charge on any atom is 0.306 e. The molecule has 1 aliphatic rings. The fraction of sp³-hybridized carbons (Fsp3) is 0.556. The van der Waals surface area contributed by atoms with Crippen molar-refractivity contribution in [3.63, 3.8) is 0 Å². The molecular formula is C18H26N2O5S. The van der Waals surface area contributed by atoms with Crippen molar-refractivity contribution >= 4 is 21.9 Å². The lowest BCUT2D eigenvalue weighted by Crippen LogP contribution is -2.38. The summed E-state index contributed by atoms with van der Waals surface area (Å²) in [5.41, 5.74) is 0.290. The Kier molecular flexibility index (Phi) is 6.77. The quantitative estimate of drug-likeness (QED) is 0.751. The lowest BCUT2D eigenvalue weighted by molar-refractivity contribution is -0.142. The van der Waals surface area contributed by atoms with E-state index in [-0.39, 0.29) is 22.8 Å². The van der Waals surface area contributed by atoms with Gasteiger partial charge in [0.15, 0.2) is 0 Å². The van der Waals surface area contributed by atoms with Crippen LogP contribution in [0.1, 0.15) is 49.9 Å². The Bertz CT molecular complexity index is 751. The molecule has 7 nitrogen and oxygen atoms in total. The molecule has 1 aliphatic carbocycles. The molecule has 0 unspecified atom stereocenters. The van der Waals surface area contributed by atoms with E-state index in [9.17, 15) is 18.0 Å². The number of amides is 1. The summed E-state index contributed by atoms with van der Waals surface area (Å²) in [6, 6.07) is 5.95. The second kappa shape index (κ2) is 8.64. The second-order valence-electron chi connectivity index (χ2n) is 6.48. The summed E-state index contributed by atoms with van der Waals surface area (Å²) in [5, 5.41) is 11.9. The molecule has 144 valence electrons. The van der Waals surface area contributed by atoms with Gasteiger partial charge in [-0.25, -0.2) is 8.42 Å². The summed E-state index contributed by atoms with van der Waals surface area (Å²) >= 11 is 0. The third-order valence-corrected chi connectivity index (χ3v) is 6.90. The van der Waals surface area contributed by atoms with Crippen LogP contribution in [0.25, 0.3) is 0 Å². The van der Waals surface area contributed by atoms with Gasteiger partial charge in [-0.2, -0.15) is 4.31 Å². The highest BCUT2D eigenvalue weighted by Gasteiger charge is 2.27. The van der Waals surface area contributed by atoms with E-state index in [0.717, 1.165) is 0 Å². The Hall–Kier alpha value is -1.93. The normalized spacial score (nSPS) is 20.7. The second-order valence-corrected chi connectivity index (χ2v) is 8.42. The molecule has 0 bridgehead atoms. The van der Waals surface area contributed by atoms with Crippen molar-refractivity contribution in [2.75, 3.05) is 13.1 Å². The van der Waals surface area contributed by atoms with Gasteiger partial charge in [-0.3, -0.25) is 9.59 Å². The zero-order valence-corrected chi connectivity index (χ0v) is 16.0. The predicted molar refractivity (Wildman–Crippen MR) is 97.4 cm³/mol. The zero-order chi connectivity index (χ0) is 19.3. The van der Waals surface area contributed by atoms with Crippen molar-refractivity contribution in [1.29, 1.82) is 0 Å². The number of nitrogens with one attached hydrogen (secondary N) is 1. The van der Waals surface area contributed by atoms with Crippen LogP contribution in [-0.4, -0.2) is 48.8 Å². The SMILES string of the molecule is CCN(CC)S(=O)(=O)c1cccc(C(=O)NC2CCC(C(=O)O)CC2)c1. The Morgan fingerprint density at radius 3 is 2.31 bits per heavy atom. The van der Waals surface area contributed by atoms with E-state index in [1.54, 1.807) is 26.0 Å². The number of aliphatic carboxylic acids is 1. The van der Waals surface area contributed by atoms with Crippen molar-refractivity contribution < 1.29 is 23.1 Å². The minimum atomic E-state index is -3.62. The molecule has 0 aliphatic heterocycles. The molecule has 0 atom stereocenters. The Morgan fingerprint density at radius 2 is 1.77 bits per heavy atom. The number of hydrogen-bond donors (Lipinski definition) is 2. The number of carboxylic acid groups (broad SMARTS) is 1. The molecule has 0 heterocycles. The van der Waals surface area contributed by atoms with Gasteiger partial charge in [-0.05, 0) is 43.9 Å².